The van der Waals surface area contributed by atoms with Crippen LogP contribution in [0.2, 0.25) is 0 Å². The van der Waals surface area contributed by atoms with Crippen LogP contribution in [-0.2, 0) is 0 Å². The molecule has 0 saturated heterocycles. The lowest BCUT2D eigenvalue weighted by Gasteiger charge is -2.33. The van der Waals surface area contributed by atoms with E-state index >= 15 is 0 Å². The average molecular weight is 257 g/mol. The number of nitrogens with zero attached hydrogens (tertiary/aromatic N) is 2. The van der Waals surface area contributed by atoms with E-state index in [2.05, 4.69) is 56.9 Å². The first-order valence-corrected chi connectivity index (χ1v) is 7.67. The van der Waals surface area contributed by atoms with Gasteiger partial charge in [-0.05, 0) is 47.0 Å². The van der Waals surface area contributed by atoms with Gasteiger partial charge < -0.3 is 10.2 Å². The van der Waals surface area contributed by atoms with Crippen LogP contribution in [0.3, 0.4) is 0 Å². The topological polar surface area (TPSA) is 18.5 Å². The van der Waals surface area contributed by atoms with Crippen molar-refractivity contribution in [2.45, 2.75) is 59.0 Å². The lowest BCUT2D eigenvalue weighted by atomic mass is 10.1. The number of nitrogens with one attached hydrogen (secondary N) is 1. The smallest absolute Gasteiger partial charge is 0.0195 e. The fraction of sp³-hybridized carbons (Fsp3) is 1.00. The summed E-state index contributed by atoms with van der Waals surface area (Å²) in [7, 11) is 4.31. The predicted molar refractivity (Wildman–Crippen MR) is 82.3 cm³/mol. The molecule has 0 aromatic rings. The summed E-state index contributed by atoms with van der Waals surface area (Å²) in [6.45, 7) is 13.7. The second-order valence-electron chi connectivity index (χ2n) is 5.64. The standard InChI is InChI=1S/C15H35N3/c1-7-10-15(16-11-8-2)13-18(9-3)14(4)12-17(5)6/h14-16H,7-13H2,1-6H3. The second kappa shape index (κ2) is 10.8. The Labute approximate surface area is 115 Å². The van der Waals surface area contributed by atoms with Crippen molar-refractivity contribution < 1.29 is 0 Å². The molecule has 0 spiro atoms. The molecule has 2 atom stereocenters. The van der Waals surface area contributed by atoms with Gasteiger partial charge in [0.2, 0.25) is 0 Å². The van der Waals surface area contributed by atoms with E-state index in [1.165, 1.54) is 25.8 Å². The molecule has 0 aromatic carbocycles. The molecule has 0 radical (unpaired) electrons. The van der Waals surface area contributed by atoms with Crippen molar-refractivity contribution in [2.24, 2.45) is 0 Å². The van der Waals surface area contributed by atoms with E-state index < -0.39 is 0 Å². The molecule has 110 valence electrons. The van der Waals surface area contributed by atoms with Gasteiger partial charge in [0.05, 0.1) is 0 Å². The minimum Gasteiger partial charge on any atom is -0.313 e. The summed E-state index contributed by atoms with van der Waals surface area (Å²) in [4.78, 5) is 4.88. The zero-order valence-electron chi connectivity index (χ0n) is 13.5. The highest BCUT2D eigenvalue weighted by atomic mass is 15.2. The van der Waals surface area contributed by atoms with E-state index in [0.717, 1.165) is 19.6 Å². The molecule has 3 nitrogen and oxygen atoms in total. The van der Waals surface area contributed by atoms with Gasteiger partial charge in [-0.1, -0.05) is 27.2 Å². The Bertz CT molecular complexity index is 183. The van der Waals surface area contributed by atoms with Gasteiger partial charge in [0.1, 0.15) is 0 Å². The zero-order chi connectivity index (χ0) is 14.0. The molecule has 0 aliphatic rings. The van der Waals surface area contributed by atoms with E-state index in [-0.39, 0.29) is 0 Å². The summed E-state index contributed by atoms with van der Waals surface area (Å²) in [5.41, 5.74) is 0. The maximum Gasteiger partial charge on any atom is 0.0195 e. The van der Waals surface area contributed by atoms with Gasteiger partial charge >= 0.3 is 0 Å². The lowest BCUT2D eigenvalue weighted by Crippen LogP contribution is -2.47. The number of rotatable bonds is 11. The van der Waals surface area contributed by atoms with Crippen molar-refractivity contribution in [2.75, 3.05) is 40.3 Å². The van der Waals surface area contributed by atoms with Crippen molar-refractivity contribution in [1.29, 1.82) is 0 Å². The van der Waals surface area contributed by atoms with Crippen molar-refractivity contribution in [1.82, 2.24) is 15.1 Å². The van der Waals surface area contributed by atoms with E-state index in [0.29, 0.717) is 12.1 Å². The van der Waals surface area contributed by atoms with Crippen LogP contribution in [0.15, 0.2) is 0 Å². The van der Waals surface area contributed by atoms with Gasteiger partial charge in [-0.2, -0.15) is 0 Å². The second-order valence-corrected chi connectivity index (χ2v) is 5.64. The molecule has 1 N–H and O–H groups in total. The zero-order valence-corrected chi connectivity index (χ0v) is 13.5. The monoisotopic (exact) mass is 257 g/mol. The molecule has 0 aromatic heterocycles. The maximum absolute atomic E-state index is 3.69. The summed E-state index contributed by atoms with van der Waals surface area (Å²) >= 11 is 0. The number of likely N-dealkylation sites (N-methyl/N-ethyl adjacent to an activating group) is 2. The first-order chi connectivity index (χ1) is 8.54. The minimum absolute atomic E-state index is 0.632. The van der Waals surface area contributed by atoms with Crippen molar-refractivity contribution in [3.8, 4) is 0 Å². The fourth-order valence-electron chi connectivity index (χ4n) is 2.50. The molecule has 0 fully saturated rings. The van der Waals surface area contributed by atoms with Crippen molar-refractivity contribution in [3.63, 3.8) is 0 Å². The lowest BCUT2D eigenvalue weighted by molar-refractivity contribution is 0.162. The Kier molecular flexibility index (Phi) is 10.7. The fourth-order valence-corrected chi connectivity index (χ4v) is 2.50. The van der Waals surface area contributed by atoms with Crippen molar-refractivity contribution in [3.05, 3.63) is 0 Å². The van der Waals surface area contributed by atoms with Crippen LogP contribution >= 0.6 is 0 Å². The SMILES string of the molecule is CCCNC(CCC)CN(CC)C(C)CN(C)C. The Morgan fingerprint density at radius 1 is 1.00 bits per heavy atom. The van der Waals surface area contributed by atoms with Gasteiger partial charge in [-0.3, -0.25) is 4.90 Å². The molecular formula is C15H35N3. The summed E-state index contributed by atoms with van der Waals surface area (Å²) < 4.78 is 0. The van der Waals surface area contributed by atoms with Crippen LogP contribution < -0.4 is 5.32 Å². The molecule has 0 amide bonds. The number of hydrogen-bond acceptors (Lipinski definition) is 3. The molecule has 18 heavy (non-hydrogen) atoms. The largest absolute Gasteiger partial charge is 0.313 e. The van der Waals surface area contributed by atoms with Gasteiger partial charge in [-0.25, -0.2) is 0 Å². The third-order valence-corrected chi connectivity index (χ3v) is 3.43. The average Bonchev–Trinajstić information content (AvgIpc) is 2.31. The minimum atomic E-state index is 0.632. The van der Waals surface area contributed by atoms with Crippen LogP contribution in [0.5, 0.6) is 0 Å². The van der Waals surface area contributed by atoms with Crippen LogP contribution in [-0.4, -0.2) is 62.2 Å². The molecule has 2 unspecified atom stereocenters. The summed E-state index contributed by atoms with van der Waals surface area (Å²) in [5, 5.41) is 3.69. The van der Waals surface area contributed by atoms with E-state index in [1.807, 2.05) is 0 Å². The number of hydrogen-bond donors (Lipinski definition) is 1. The molecular weight excluding hydrogens is 222 g/mol. The third-order valence-electron chi connectivity index (χ3n) is 3.43. The summed E-state index contributed by atoms with van der Waals surface area (Å²) in [6.07, 6.45) is 3.77. The van der Waals surface area contributed by atoms with Crippen LogP contribution in [0.4, 0.5) is 0 Å². The normalized spacial score (nSPS) is 15.3. The van der Waals surface area contributed by atoms with Crippen LogP contribution in [0, 0.1) is 0 Å². The van der Waals surface area contributed by atoms with Crippen LogP contribution in [0.1, 0.15) is 47.0 Å². The van der Waals surface area contributed by atoms with Gasteiger partial charge in [0.25, 0.3) is 0 Å². The van der Waals surface area contributed by atoms with Gasteiger partial charge in [0, 0.05) is 25.2 Å². The quantitative estimate of drug-likeness (QED) is 0.613. The highest BCUT2D eigenvalue weighted by molar-refractivity contribution is 4.76. The first kappa shape index (κ1) is 17.9. The molecule has 0 heterocycles. The molecule has 0 saturated carbocycles. The van der Waals surface area contributed by atoms with Gasteiger partial charge in [-0.15, -0.1) is 0 Å². The highest BCUT2D eigenvalue weighted by Gasteiger charge is 2.17. The molecule has 0 rings (SSSR count). The molecule has 3 heteroatoms. The maximum atomic E-state index is 3.69. The Balaban J connectivity index is 4.25. The Morgan fingerprint density at radius 3 is 2.11 bits per heavy atom. The van der Waals surface area contributed by atoms with Crippen LogP contribution in [0.25, 0.3) is 0 Å². The van der Waals surface area contributed by atoms with E-state index in [4.69, 9.17) is 0 Å². The van der Waals surface area contributed by atoms with Crippen molar-refractivity contribution >= 4 is 0 Å². The summed E-state index contributed by atoms with van der Waals surface area (Å²) in [6, 6.07) is 1.28. The highest BCUT2D eigenvalue weighted by Crippen LogP contribution is 2.06. The molecule has 0 aliphatic heterocycles. The first-order valence-electron chi connectivity index (χ1n) is 7.67. The van der Waals surface area contributed by atoms with E-state index in [9.17, 15) is 0 Å². The van der Waals surface area contributed by atoms with Gasteiger partial charge in [0.15, 0.2) is 0 Å². The Hall–Kier alpha value is -0.120. The third kappa shape index (κ3) is 8.06. The molecule has 0 aliphatic carbocycles. The Morgan fingerprint density at radius 2 is 1.67 bits per heavy atom. The van der Waals surface area contributed by atoms with E-state index in [1.54, 1.807) is 0 Å². The summed E-state index contributed by atoms with van der Waals surface area (Å²) in [5.74, 6) is 0. The molecule has 0 bridgehead atoms. The predicted octanol–water partition coefficient (Wildman–Crippen LogP) is 2.43.